The summed E-state index contributed by atoms with van der Waals surface area (Å²) in [5.74, 6) is -0.0857. The second-order valence-electron chi connectivity index (χ2n) is 5.50. The summed E-state index contributed by atoms with van der Waals surface area (Å²) in [6, 6.07) is 9.98. The minimum atomic E-state index is -0.814. The molecule has 106 valence electrons. The Labute approximate surface area is 126 Å². The monoisotopic (exact) mass is 336 g/mol. The smallest absolute Gasteiger partial charge is 0.304 e. The van der Waals surface area contributed by atoms with E-state index in [0.717, 1.165) is 26.6 Å². The lowest BCUT2D eigenvalue weighted by Crippen LogP contribution is -2.22. The molecule has 0 aliphatic rings. The summed E-state index contributed by atoms with van der Waals surface area (Å²) in [4.78, 5) is 11.1. The Kier molecular flexibility index (Phi) is 4.04. The molecule has 0 heterocycles. The number of aliphatic carboxylic acids is 1. The third-order valence-electron chi connectivity index (χ3n) is 3.44. The van der Waals surface area contributed by atoms with Gasteiger partial charge < -0.3 is 9.84 Å². The van der Waals surface area contributed by atoms with Crippen molar-refractivity contribution in [3.63, 3.8) is 0 Å². The van der Waals surface area contributed by atoms with Crippen LogP contribution in [0.2, 0.25) is 0 Å². The lowest BCUT2D eigenvalue weighted by atomic mass is 9.80. The predicted molar refractivity (Wildman–Crippen MR) is 83.5 cm³/mol. The van der Waals surface area contributed by atoms with Crippen molar-refractivity contribution in [1.29, 1.82) is 0 Å². The second-order valence-corrected chi connectivity index (χ2v) is 6.41. The molecule has 0 radical (unpaired) electrons. The van der Waals surface area contributed by atoms with Crippen molar-refractivity contribution in [3.05, 3.63) is 40.4 Å². The van der Waals surface area contributed by atoms with Gasteiger partial charge in [-0.15, -0.1) is 0 Å². The van der Waals surface area contributed by atoms with Crippen molar-refractivity contribution in [2.45, 2.75) is 25.7 Å². The first-order valence-corrected chi connectivity index (χ1v) is 7.12. The van der Waals surface area contributed by atoms with Gasteiger partial charge in [0.15, 0.2) is 0 Å². The van der Waals surface area contributed by atoms with Crippen LogP contribution in [0.15, 0.2) is 34.8 Å². The fourth-order valence-electron chi connectivity index (χ4n) is 2.42. The molecule has 0 fully saturated rings. The van der Waals surface area contributed by atoms with E-state index >= 15 is 0 Å². The van der Waals surface area contributed by atoms with Gasteiger partial charge in [0.2, 0.25) is 0 Å². The Hall–Kier alpha value is -1.55. The molecule has 2 rings (SSSR count). The van der Waals surface area contributed by atoms with Crippen LogP contribution < -0.4 is 4.74 Å². The summed E-state index contributed by atoms with van der Waals surface area (Å²) in [6.45, 7) is 3.84. The second kappa shape index (κ2) is 5.44. The summed E-state index contributed by atoms with van der Waals surface area (Å²) in [5, 5.41) is 11.2. The van der Waals surface area contributed by atoms with Gasteiger partial charge in [0, 0.05) is 15.5 Å². The third-order valence-corrected chi connectivity index (χ3v) is 3.94. The zero-order chi connectivity index (χ0) is 14.9. The molecule has 0 saturated heterocycles. The largest absolute Gasteiger partial charge is 0.496 e. The van der Waals surface area contributed by atoms with E-state index < -0.39 is 11.4 Å². The quantitative estimate of drug-likeness (QED) is 0.901. The molecule has 4 heteroatoms. The molecule has 1 N–H and O–H groups in total. The number of carboxylic acid groups (broad SMARTS) is 1. The van der Waals surface area contributed by atoms with Crippen molar-refractivity contribution in [1.82, 2.24) is 0 Å². The fraction of sp³-hybridized carbons (Fsp3) is 0.312. The molecular formula is C16H17BrO3. The van der Waals surface area contributed by atoms with E-state index in [4.69, 9.17) is 9.84 Å². The van der Waals surface area contributed by atoms with Gasteiger partial charge in [-0.3, -0.25) is 4.79 Å². The van der Waals surface area contributed by atoms with Crippen LogP contribution in [0.25, 0.3) is 10.8 Å². The molecule has 0 aliphatic carbocycles. The summed E-state index contributed by atoms with van der Waals surface area (Å²) in [7, 11) is 1.61. The van der Waals surface area contributed by atoms with Crippen LogP contribution in [0.3, 0.4) is 0 Å². The molecule has 2 aromatic carbocycles. The highest BCUT2D eigenvalue weighted by molar-refractivity contribution is 9.10. The van der Waals surface area contributed by atoms with Crippen molar-refractivity contribution in [3.8, 4) is 5.75 Å². The summed E-state index contributed by atoms with van der Waals surface area (Å²) >= 11 is 3.46. The van der Waals surface area contributed by atoms with Crippen LogP contribution in [0.5, 0.6) is 5.75 Å². The van der Waals surface area contributed by atoms with E-state index in [2.05, 4.69) is 15.9 Å². The standard InChI is InChI=1S/C16H17BrO3/c1-16(2,9-15(18)19)13-7-11-6-12(17)5-4-10(11)8-14(13)20-3/h4-8H,9H2,1-3H3,(H,18,19). The van der Waals surface area contributed by atoms with Crippen LogP contribution >= 0.6 is 15.9 Å². The van der Waals surface area contributed by atoms with E-state index in [9.17, 15) is 4.79 Å². The van der Waals surface area contributed by atoms with E-state index in [0.29, 0.717) is 0 Å². The van der Waals surface area contributed by atoms with Gasteiger partial charge in [0.1, 0.15) is 5.75 Å². The van der Waals surface area contributed by atoms with Crippen LogP contribution in [0, 0.1) is 0 Å². The highest BCUT2D eigenvalue weighted by atomic mass is 79.9. The molecule has 0 amide bonds. The van der Waals surface area contributed by atoms with E-state index in [1.165, 1.54) is 0 Å². The Morgan fingerprint density at radius 1 is 1.25 bits per heavy atom. The molecule has 0 bridgehead atoms. The number of benzene rings is 2. The van der Waals surface area contributed by atoms with Gasteiger partial charge in [0.05, 0.1) is 13.5 Å². The lowest BCUT2D eigenvalue weighted by Gasteiger charge is -2.26. The maximum Gasteiger partial charge on any atom is 0.304 e. The van der Waals surface area contributed by atoms with Crippen LogP contribution in [-0.4, -0.2) is 18.2 Å². The Bertz CT molecular complexity index is 662. The number of rotatable bonds is 4. The van der Waals surface area contributed by atoms with Gasteiger partial charge >= 0.3 is 5.97 Å². The van der Waals surface area contributed by atoms with Crippen LogP contribution in [-0.2, 0) is 10.2 Å². The zero-order valence-corrected chi connectivity index (χ0v) is 13.3. The van der Waals surface area contributed by atoms with Crippen molar-refractivity contribution in [2.24, 2.45) is 0 Å². The van der Waals surface area contributed by atoms with E-state index in [-0.39, 0.29) is 6.42 Å². The number of methoxy groups -OCH3 is 1. The molecule has 0 saturated carbocycles. The average molecular weight is 337 g/mol. The van der Waals surface area contributed by atoms with E-state index in [1.54, 1.807) is 7.11 Å². The summed E-state index contributed by atoms with van der Waals surface area (Å²) in [5.41, 5.74) is 0.418. The fourth-order valence-corrected chi connectivity index (χ4v) is 2.80. The first-order valence-electron chi connectivity index (χ1n) is 6.33. The first kappa shape index (κ1) is 14.9. The molecule has 0 aromatic heterocycles. The predicted octanol–water partition coefficient (Wildman–Crippen LogP) is 4.36. The average Bonchev–Trinajstić information content (AvgIpc) is 2.35. The Morgan fingerprint density at radius 3 is 2.55 bits per heavy atom. The molecule has 0 aliphatic heterocycles. The maximum absolute atomic E-state index is 11.1. The summed E-state index contributed by atoms with van der Waals surface area (Å²) < 4.78 is 6.44. The zero-order valence-electron chi connectivity index (χ0n) is 11.7. The minimum Gasteiger partial charge on any atom is -0.496 e. The number of ether oxygens (including phenoxy) is 1. The number of hydrogen-bond acceptors (Lipinski definition) is 2. The molecule has 0 unspecified atom stereocenters. The topological polar surface area (TPSA) is 46.5 Å². The van der Waals surface area contributed by atoms with Crippen molar-refractivity contribution in [2.75, 3.05) is 7.11 Å². The third kappa shape index (κ3) is 2.96. The number of fused-ring (bicyclic) bond motifs is 1. The lowest BCUT2D eigenvalue weighted by molar-refractivity contribution is -0.138. The highest BCUT2D eigenvalue weighted by Gasteiger charge is 2.27. The van der Waals surface area contributed by atoms with E-state index in [1.807, 2.05) is 44.2 Å². The number of hydrogen-bond donors (Lipinski definition) is 1. The Balaban J connectivity index is 2.64. The number of carbonyl (C=O) groups is 1. The van der Waals surface area contributed by atoms with Crippen molar-refractivity contribution < 1.29 is 14.6 Å². The maximum atomic E-state index is 11.1. The van der Waals surface area contributed by atoms with Crippen LogP contribution in [0.1, 0.15) is 25.8 Å². The van der Waals surface area contributed by atoms with Gasteiger partial charge in [-0.2, -0.15) is 0 Å². The first-order chi connectivity index (χ1) is 9.33. The summed E-state index contributed by atoms with van der Waals surface area (Å²) in [6.07, 6.45) is 0.0584. The molecule has 20 heavy (non-hydrogen) atoms. The van der Waals surface area contributed by atoms with Crippen LogP contribution in [0.4, 0.5) is 0 Å². The van der Waals surface area contributed by atoms with Gasteiger partial charge in [-0.25, -0.2) is 0 Å². The Morgan fingerprint density at radius 2 is 1.95 bits per heavy atom. The highest BCUT2D eigenvalue weighted by Crippen LogP contribution is 2.37. The molecule has 2 aromatic rings. The SMILES string of the molecule is COc1cc2ccc(Br)cc2cc1C(C)(C)CC(=O)O. The molecule has 0 spiro atoms. The van der Waals surface area contributed by atoms with Gasteiger partial charge in [-0.1, -0.05) is 35.8 Å². The molecular weight excluding hydrogens is 320 g/mol. The normalized spacial score (nSPS) is 11.6. The van der Waals surface area contributed by atoms with Crippen molar-refractivity contribution >= 4 is 32.7 Å². The number of halogens is 1. The molecule has 0 atom stereocenters. The number of carboxylic acids is 1. The van der Waals surface area contributed by atoms with Gasteiger partial charge in [0.25, 0.3) is 0 Å². The minimum absolute atomic E-state index is 0.0584. The van der Waals surface area contributed by atoms with Gasteiger partial charge in [-0.05, 0) is 35.0 Å². The molecule has 3 nitrogen and oxygen atoms in total.